The molecule has 2 heterocycles. The summed E-state index contributed by atoms with van der Waals surface area (Å²) in [5.74, 6) is -0.517. The topological polar surface area (TPSA) is 63.3 Å². The molecule has 0 aromatic carbocycles. The van der Waals surface area contributed by atoms with Gasteiger partial charge in [0.2, 0.25) is 5.89 Å². The van der Waals surface area contributed by atoms with Gasteiger partial charge in [0.15, 0.2) is 5.69 Å². The van der Waals surface area contributed by atoms with Crippen LogP contribution in [-0.4, -0.2) is 16.1 Å². The molecule has 0 aliphatic carbocycles. The number of oxazole rings is 1. The van der Waals surface area contributed by atoms with Gasteiger partial charge in [-0.1, -0.05) is 11.6 Å². The predicted molar refractivity (Wildman–Crippen MR) is 56.5 cm³/mol. The van der Waals surface area contributed by atoms with Crippen molar-refractivity contribution in [3.63, 3.8) is 0 Å². The van der Waals surface area contributed by atoms with E-state index < -0.39 is 5.97 Å². The molecule has 0 saturated heterocycles. The summed E-state index contributed by atoms with van der Waals surface area (Å²) in [5.41, 5.74) is 0.632. The van der Waals surface area contributed by atoms with Gasteiger partial charge in [-0.25, -0.2) is 9.78 Å². The predicted octanol–water partition coefficient (Wildman–Crippen LogP) is 3.06. The van der Waals surface area contributed by atoms with Gasteiger partial charge in [0.05, 0.1) is 4.34 Å². The smallest absolute Gasteiger partial charge is 0.358 e. The van der Waals surface area contributed by atoms with E-state index in [0.717, 1.165) is 0 Å². The van der Waals surface area contributed by atoms with Crippen molar-refractivity contribution in [2.75, 3.05) is 0 Å². The Bertz CT molecular complexity index is 517. The highest BCUT2D eigenvalue weighted by atomic mass is 35.5. The summed E-state index contributed by atoms with van der Waals surface area (Å²) in [6, 6.07) is 1.68. The van der Waals surface area contributed by atoms with E-state index in [2.05, 4.69) is 4.98 Å². The SMILES string of the molecule is Cc1oc(-c2csc(Cl)c2)nc1C(=O)O. The summed E-state index contributed by atoms with van der Waals surface area (Å²) in [7, 11) is 0. The molecule has 2 rings (SSSR count). The van der Waals surface area contributed by atoms with Crippen LogP contribution in [-0.2, 0) is 0 Å². The molecule has 0 bridgehead atoms. The van der Waals surface area contributed by atoms with Crippen LogP contribution < -0.4 is 0 Å². The van der Waals surface area contributed by atoms with Crippen LogP contribution in [0.3, 0.4) is 0 Å². The van der Waals surface area contributed by atoms with Gasteiger partial charge in [0, 0.05) is 10.9 Å². The quantitative estimate of drug-likeness (QED) is 0.881. The average molecular weight is 244 g/mol. The van der Waals surface area contributed by atoms with Gasteiger partial charge in [0.1, 0.15) is 5.76 Å². The number of carboxylic acid groups (broad SMARTS) is 1. The third kappa shape index (κ3) is 1.88. The summed E-state index contributed by atoms with van der Waals surface area (Å²) in [6.45, 7) is 1.56. The zero-order chi connectivity index (χ0) is 11.0. The molecule has 0 atom stereocenters. The number of carboxylic acids is 1. The Morgan fingerprint density at radius 2 is 2.40 bits per heavy atom. The van der Waals surface area contributed by atoms with E-state index in [1.807, 2.05) is 0 Å². The maximum Gasteiger partial charge on any atom is 0.358 e. The first-order chi connectivity index (χ1) is 7.08. The van der Waals surface area contributed by atoms with Crippen molar-refractivity contribution in [1.29, 1.82) is 0 Å². The molecule has 0 radical (unpaired) electrons. The largest absolute Gasteiger partial charge is 0.476 e. The second kappa shape index (κ2) is 3.67. The maximum atomic E-state index is 10.7. The molecule has 2 aromatic rings. The molecule has 4 nitrogen and oxygen atoms in total. The number of carbonyl (C=O) groups is 1. The van der Waals surface area contributed by atoms with E-state index in [4.69, 9.17) is 21.1 Å². The minimum Gasteiger partial charge on any atom is -0.476 e. The number of hydrogen-bond acceptors (Lipinski definition) is 4. The minimum atomic E-state index is -1.09. The highest BCUT2D eigenvalue weighted by molar-refractivity contribution is 7.14. The second-order valence-corrected chi connectivity index (χ2v) is 4.41. The zero-order valence-electron chi connectivity index (χ0n) is 7.65. The van der Waals surface area contributed by atoms with Gasteiger partial charge in [-0.2, -0.15) is 0 Å². The lowest BCUT2D eigenvalue weighted by molar-refractivity contribution is 0.0689. The van der Waals surface area contributed by atoms with Crippen LogP contribution in [0.5, 0.6) is 0 Å². The molecule has 1 N–H and O–H groups in total. The number of aromatic nitrogens is 1. The van der Waals surface area contributed by atoms with Gasteiger partial charge in [-0.05, 0) is 13.0 Å². The molecular weight excluding hydrogens is 238 g/mol. The van der Waals surface area contributed by atoms with E-state index in [1.165, 1.54) is 11.3 Å². The number of aromatic carboxylic acids is 1. The van der Waals surface area contributed by atoms with Crippen LogP contribution in [0.4, 0.5) is 0 Å². The standard InChI is InChI=1S/C9H6ClNO3S/c1-4-7(9(12)13)11-8(14-4)5-2-6(10)15-3-5/h2-3H,1H3,(H,12,13). The zero-order valence-corrected chi connectivity index (χ0v) is 9.22. The molecule has 0 fully saturated rings. The molecule has 0 saturated carbocycles. The number of nitrogens with zero attached hydrogens (tertiary/aromatic N) is 1. The first-order valence-electron chi connectivity index (χ1n) is 4.03. The second-order valence-electron chi connectivity index (χ2n) is 2.87. The first-order valence-corrected chi connectivity index (χ1v) is 5.29. The van der Waals surface area contributed by atoms with Crippen LogP contribution in [0.15, 0.2) is 15.9 Å². The molecule has 2 aromatic heterocycles. The van der Waals surface area contributed by atoms with Gasteiger partial charge in [-0.15, -0.1) is 11.3 Å². The summed E-state index contributed by atoms with van der Waals surface area (Å²) in [4.78, 5) is 14.6. The summed E-state index contributed by atoms with van der Waals surface area (Å²) < 4.78 is 5.84. The number of rotatable bonds is 2. The van der Waals surface area contributed by atoms with E-state index in [9.17, 15) is 4.79 Å². The highest BCUT2D eigenvalue weighted by Gasteiger charge is 2.17. The van der Waals surface area contributed by atoms with Crippen LogP contribution in [0.2, 0.25) is 4.34 Å². The Morgan fingerprint density at radius 1 is 1.67 bits per heavy atom. The third-order valence-electron chi connectivity index (χ3n) is 1.81. The fourth-order valence-corrected chi connectivity index (χ4v) is 2.00. The summed E-state index contributed by atoms with van der Waals surface area (Å²) in [5, 5.41) is 10.5. The Kier molecular flexibility index (Phi) is 2.50. The molecule has 15 heavy (non-hydrogen) atoms. The molecule has 0 aliphatic rings. The lowest BCUT2D eigenvalue weighted by Crippen LogP contribution is -1.98. The van der Waals surface area contributed by atoms with Gasteiger partial charge in [0.25, 0.3) is 0 Å². The first kappa shape index (κ1) is 10.2. The van der Waals surface area contributed by atoms with Crippen molar-refractivity contribution in [3.8, 4) is 11.5 Å². The fraction of sp³-hybridized carbons (Fsp3) is 0.111. The van der Waals surface area contributed by atoms with Crippen molar-refractivity contribution in [2.24, 2.45) is 0 Å². The average Bonchev–Trinajstić information content (AvgIpc) is 2.71. The Morgan fingerprint density at radius 3 is 2.87 bits per heavy atom. The molecular formula is C9H6ClNO3S. The van der Waals surface area contributed by atoms with E-state index in [1.54, 1.807) is 18.4 Å². The van der Waals surface area contributed by atoms with E-state index in [0.29, 0.717) is 15.7 Å². The molecule has 0 amide bonds. The molecule has 0 aliphatic heterocycles. The van der Waals surface area contributed by atoms with Gasteiger partial charge >= 0.3 is 5.97 Å². The molecule has 78 valence electrons. The number of aryl methyl sites for hydroxylation is 1. The maximum absolute atomic E-state index is 10.7. The van der Waals surface area contributed by atoms with Gasteiger partial charge in [-0.3, -0.25) is 0 Å². The lowest BCUT2D eigenvalue weighted by Gasteiger charge is -1.85. The number of thiophene rings is 1. The Labute approximate surface area is 94.1 Å². The molecule has 0 unspecified atom stereocenters. The molecule has 0 spiro atoms. The Balaban J connectivity index is 2.46. The highest BCUT2D eigenvalue weighted by Crippen LogP contribution is 2.29. The van der Waals surface area contributed by atoms with E-state index >= 15 is 0 Å². The van der Waals surface area contributed by atoms with E-state index in [-0.39, 0.29) is 11.6 Å². The van der Waals surface area contributed by atoms with Crippen LogP contribution in [0.1, 0.15) is 16.2 Å². The summed E-state index contributed by atoms with van der Waals surface area (Å²) >= 11 is 7.09. The van der Waals surface area contributed by atoms with Crippen molar-refractivity contribution >= 4 is 28.9 Å². The normalized spacial score (nSPS) is 10.5. The Hall–Kier alpha value is -1.33. The van der Waals surface area contributed by atoms with Crippen molar-refractivity contribution in [3.05, 3.63) is 27.2 Å². The summed E-state index contributed by atoms with van der Waals surface area (Å²) in [6.07, 6.45) is 0. The minimum absolute atomic E-state index is 0.0627. The number of halogens is 1. The van der Waals surface area contributed by atoms with Crippen LogP contribution in [0, 0.1) is 6.92 Å². The van der Waals surface area contributed by atoms with Crippen LogP contribution in [0.25, 0.3) is 11.5 Å². The fourth-order valence-electron chi connectivity index (χ4n) is 1.14. The van der Waals surface area contributed by atoms with Crippen molar-refractivity contribution in [1.82, 2.24) is 4.98 Å². The number of hydrogen-bond donors (Lipinski definition) is 1. The van der Waals surface area contributed by atoms with Crippen molar-refractivity contribution < 1.29 is 14.3 Å². The lowest BCUT2D eigenvalue weighted by atomic mass is 10.3. The molecule has 6 heteroatoms. The third-order valence-corrected chi connectivity index (χ3v) is 2.90. The van der Waals surface area contributed by atoms with Crippen molar-refractivity contribution in [2.45, 2.75) is 6.92 Å². The van der Waals surface area contributed by atoms with Gasteiger partial charge < -0.3 is 9.52 Å². The van der Waals surface area contributed by atoms with Crippen LogP contribution >= 0.6 is 22.9 Å². The monoisotopic (exact) mass is 243 g/mol.